The van der Waals surface area contributed by atoms with E-state index in [9.17, 15) is 4.79 Å². The molecule has 3 rings (SSSR count). The normalized spacial score (nSPS) is 11.6. The molecule has 1 atom stereocenters. The van der Waals surface area contributed by atoms with Crippen LogP contribution in [-0.4, -0.2) is 16.1 Å². The minimum absolute atomic E-state index is 0.0943. The van der Waals surface area contributed by atoms with E-state index in [0.29, 0.717) is 11.5 Å². The zero-order valence-corrected chi connectivity index (χ0v) is 15.2. The second-order valence-corrected chi connectivity index (χ2v) is 6.46. The van der Waals surface area contributed by atoms with Gasteiger partial charge in [-0.1, -0.05) is 52.3 Å². The quantitative estimate of drug-likeness (QED) is 0.657. The van der Waals surface area contributed by atoms with E-state index in [1.54, 1.807) is 12.1 Å². The van der Waals surface area contributed by atoms with Crippen LogP contribution in [0.1, 0.15) is 29.0 Å². The van der Waals surface area contributed by atoms with E-state index in [1.807, 2.05) is 61.5 Å². The molecule has 0 spiro atoms. The summed E-state index contributed by atoms with van der Waals surface area (Å²) >= 11 is 3.37. The van der Waals surface area contributed by atoms with E-state index in [2.05, 4.69) is 36.8 Å². The van der Waals surface area contributed by atoms with Crippen LogP contribution >= 0.6 is 15.9 Å². The van der Waals surface area contributed by atoms with Gasteiger partial charge in [0.25, 0.3) is 5.91 Å². The van der Waals surface area contributed by atoms with Gasteiger partial charge in [0, 0.05) is 16.2 Å². The molecule has 1 amide bonds. The van der Waals surface area contributed by atoms with Crippen molar-refractivity contribution < 1.29 is 4.79 Å². The minimum Gasteiger partial charge on any atom is -0.362 e. The van der Waals surface area contributed by atoms with Crippen molar-refractivity contribution in [2.24, 2.45) is 0 Å². The summed E-state index contributed by atoms with van der Waals surface area (Å²) in [5.41, 5.74) is 2.11. The molecule has 2 aromatic carbocycles. The smallest absolute Gasteiger partial charge is 0.276 e. The van der Waals surface area contributed by atoms with Gasteiger partial charge in [-0.2, -0.15) is 0 Å². The summed E-state index contributed by atoms with van der Waals surface area (Å²) in [4.78, 5) is 12.2. The Labute approximate surface area is 154 Å². The first-order chi connectivity index (χ1) is 12.1. The van der Waals surface area contributed by atoms with Crippen molar-refractivity contribution in [1.29, 1.82) is 0 Å². The molecule has 0 aliphatic heterocycles. The van der Waals surface area contributed by atoms with E-state index >= 15 is 0 Å². The van der Waals surface area contributed by atoms with E-state index in [0.717, 1.165) is 10.0 Å². The van der Waals surface area contributed by atoms with Gasteiger partial charge in [-0.05, 0) is 42.8 Å². The van der Waals surface area contributed by atoms with Gasteiger partial charge in [-0.3, -0.25) is 4.79 Å². The summed E-state index contributed by atoms with van der Waals surface area (Å²) in [6.07, 6.45) is 0. The molecule has 3 aromatic rings. The Hall–Kier alpha value is -2.73. The topological polar surface area (TPSA) is 66.9 Å². The lowest BCUT2D eigenvalue weighted by molar-refractivity contribution is 0.102. The average Bonchev–Trinajstić information content (AvgIpc) is 2.63. The van der Waals surface area contributed by atoms with Gasteiger partial charge in [0.05, 0.1) is 0 Å². The van der Waals surface area contributed by atoms with Gasteiger partial charge in [0.15, 0.2) is 5.69 Å². The highest BCUT2D eigenvalue weighted by molar-refractivity contribution is 9.10. The molecule has 0 fully saturated rings. The van der Waals surface area contributed by atoms with Gasteiger partial charge in [-0.25, -0.2) is 0 Å². The number of nitrogens with one attached hydrogen (secondary N) is 2. The number of nitrogens with zero attached hydrogens (tertiary/aromatic N) is 2. The molecule has 1 unspecified atom stereocenters. The van der Waals surface area contributed by atoms with Crippen LogP contribution in [0.3, 0.4) is 0 Å². The zero-order valence-electron chi connectivity index (χ0n) is 13.6. The van der Waals surface area contributed by atoms with Gasteiger partial charge >= 0.3 is 0 Å². The Kier molecular flexibility index (Phi) is 5.40. The summed E-state index contributed by atoms with van der Waals surface area (Å²) in [5.74, 6) is 0.323. The second-order valence-electron chi connectivity index (χ2n) is 5.54. The summed E-state index contributed by atoms with van der Waals surface area (Å²) in [5, 5.41) is 14.2. The third-order valence-electron chi connectivity index (χ3n) is 3.64. The van der Waals surface area contributed by atoms with Crippen molar-refractivity contribution in [3.63, 3.8) is 0 Å². The van der Waals surface area contributed by atoms with Crippen LogP contribution in [0.25, 0.3) is 0 Å². The Morgan fingerprint density at radius 2 is 1.80 bits per heavy atom. The molecule has 0 saturated carbocycles. The fourth-order valence-electron chi connectivity index (χ4n) is 2.34. The van der Waals surface area contributed by atoms with Crippen molar-refractivity contribution in [2.45, 2.75) is 13.0 Å². The molecule has 5 nitrogen and oxygen atoms in total. The lowest BCUT2D eigenvalue weighted by Crippen LogP contribution is -2.15. The number of halogens is 1. The molecule has 1 heterocycles. The molecular weight excluding hydrogens is 380 g/mol. The summed E-state index contributed by atoms with van der Waals surface area (Å²) in [6.45, 7) is 2.05. The molecule has 0 radical (unpaired) electrons. The van der Waals surface area contributed by atoms with Crippen molar-refractivity contribution in [1.82, 2.24) is 10.2 Å². The highest BCUT2D eigenvalue weighted by atomic mass is 79.9. The molecule has 126 valence electrons. The molecule has 2 N–H and O–H groups in total. The van der Waals surface area contributed by atoms with Gasteiger partial charge in [0.1, 0.15) is 5.82 Å². The van der Waals surface area contributed by atoms with Crippen molar-refractivity contribution in [2.75, 3.05) is 10.6 Å². The number of aromatic nitrogens is 2. The largest absolute Gasteiger partial charge is 0.362 e. The Morgan fingerprint density at radius 3 is 2.48 bits per heavy atom. The highest BCUT2D eigenvalue weighted by Gasteiger charge is 2.10. The molecule has 25 heavy (non-hydrogen) atoms. The van der Waals surface area contributed by atoms with Crippen LogP contribution in [-0.2, 0) is 0 Å². The molecule has 0 aliphatic carbocycles. The minimum atomic E-state index is -0.298. The number of anilines is 2. The summed E-state index contributed by atoms with van der Waals surface area (Å²) < 4.78 is 0.894. The maximum Gasteiger partial charge on any atom is 0.276 e. The molecular formula is C19H17BrN4O. The van der Waals surface area contributed by atoms with Crippen LogP contribution in [0.15, 0.2) is 71.2 Å². The maximum absolute atomic E-state index is 12.2. The monoisotopic (exact) mass is 396 g/mol. The predicted octanol–water partition coefficient (Wildman–Crippen LogP) is 4.66. The number of hydrogen-bond acceptors (Lipinski definition) is 4. The molecule has 0 bridgehead atoms. The van der Waals surface area contributed by atoms with Crippen LogP contribution in [0.4, 0.5) is 11.5 Å². The van der Waals surface area contributed by atoms with Crippen LogP contribution in [0.5, 0.6) is 0 Å². The zero-order chi connectivity index (χ0) is 17.6. The van der Waals surface area contributed by atoms with Gasteiger partial charge in [-0.15, -0.1) is 10.2 Å². The number of benzene rings is 2. The fourth-order valence-corrected chi connectivity index (χ4v) is 2.74. The summed E-state index contributed by atoms with van der Waals surface area (Å²) in [7, 11) is 0. The number of hydrogen-bond donors (Lipinski definition) is 2. The number of carbonyl (C=O) groups is 1. The fraction of sp³-hybridized carbons (Fsp3) is 0.105. The molecule has 0 saturated heterocycles. The maximum atomic E-state index is 12.2. The number of amides is 1. The van der Waals surface area contributed by atoms with E-state index in [4.69, 9.17) is 0 Å². The Balaban J connectivity index is 1.64. The molecule has 0 aliphatic rings. The Morgan fingerprint density at radius 1 is 1.00 bits per heavy atom. The lowest BCUT2D eigenvalue weighted by Gasteiger charge is -2.14. The van der Waals surface area contributed by atoms with E-state index in [1.165, 1.54) is 0 Å². The first kappa shape index (κ1) is 17.1. The van der Waals surface area contributed by atoms with Crippen LogP contribution < -0.4 is 10.6 Å². The first-order valence-corrected chi connectivity index (χ1v) is 8.63. The van der Waals surface area contributed by atoms with E-state index in [-0.39, 0.29) is 17.6 Å². The van der Waals surface area contributed by atoms with Crippen molar-refractivity contribution in [3.05, 3.63) is 82.5 Å². The third-order valence-corrected chi connectivity index (χ3v) is 4.14. The predicted molar refractivity (Wildman–Crippen MR) is 103 cm³/mol. The molecule has 6 heteroatoms. The average molecular weight is 397 g/mol. The Bertz CT molecular complexity index is 853. The third kappa shape index (κ3) is 4.64. The standard InChI is InChI=1S/C19H17BrN4O/c1-13(14-6-3-2-4-7-14)21-18-11-10-17(23-24-18)19(25)22-16-9-5-8-15(20)12-16/h2-13H,1H3,(H,21,24)(H,22,25). The number of carbonyl (C=O) groups excluding carboxylic acids is 1. The van der Waals surface area contributed by atoms with Gasteiger partial charge in [0.2, 0.25) is 0 Å². The van der Waals surface area contributed by atoms with E-state index < -0.39 is 0 Å². The van der Waals surface area contributed by atoms with Crippen molar-refractivity contribution in [3.8, 4) is 0 Å². The van der Waals surface area contributed by atoms with Crippen LogP contribution in [0.2, 0.25) is 0 Å². The SMILES string of the molecule is CC(Nc1ccc(C(=O)Nc2cccc(Br)c2)nn1)c1ccccc1. The molecule has 1 aromatic heterocycles. The lowest BCUT2D eigenvalue weighted by atomic mass is 10.1. The number of rotatable bonds is 5. The highest BCUT2D eigenvalue weighted by Crippen LogP contribution is 2.18. The van der Waals surface area contributed by atoms with Crippen molar-refractivity contribution >= 4 is 33.3 Å². The van der Waals surface area contributed by atoms with Gasteiger partial charge < -0.3 is 10.6 Å². The summed E-state index contributed by atoms with van der Waals surface area (Å²) in [6, 6.07) is 20.9. The first-order valence-electron chi connectivity index (χ1n) is 7.84. The van der Waals surface area contributed by atoms with Crippen LogP contribution in [0, 0.1) is 0 Å². The second kappa shape index (κ2) is 7.90.